The van der Waals surface area contributed by atoms with Gasteiger partial charge >= 0.3 is 0 Å². The van der Waals surface area contributed by atoms with Gasteiger partial charge in [-0.15, -0.1) is 0 Å². The molecule has 2 nitrogen and oxygen atoms in total. The molecule has 0 aromatic heterocycles. The SMILES string of the molecule is O=C(Sc1ccccc1)C1c2cc(F)ccc2Nc2ccc(F)cc21. The van der Waals surface area contributed by atoms with Crippen LogP contribution in [0.5, 0.6) is 0 Å². The Balaban J connectivity index is 1.81. The molecule has 3 aromatic carbocycles. The van der Waals surface area contributed by atoms with Gasteiger partial charge in [0.2, 0.25) is 5.12 Å². The molecular weight excluding hydrogens is 340 g/mol. The van der Waals surface area contributed by atoms with Crippen LogP contribution in [0.25, 0.3) is 0 Å². The molecule has 0 fully saturated rings. The van der Waals surface area contributed by atoms with E-state index in [9.17, 15) is 13.6 Å². The van der Waals surface area contributed by atoms with Crippen LogP contribution in [-0.2, 0) is 4.79 Å². The predicted octanol–water partition coefficient (Wildman–Crippen LogP) is 5.47. The quantitative estimate of drug-likeness (QED) is 0.619. The van der Waals surface area contributed by atoms with E-state index in [-0.39, 0.29) is 5.12 Å². The summed E-state index contributed by atoms with van der Waals surface area (Å²) in [5.74, 6) is -1.59. The van der Waals surface area contributed by atoms with Gasteiger partial charge in [0, 0.05) is 16.3 Å². The molecular formula is C20H13F2NOS. The molecule has 0 radical (unpaired) electrons. The van der Waals surface area contributed by atoms with Crippen LogP contribution < -0.4 is 5.32 Å². The highest BCUT2D eigenvalue weighted by Crippen LogP contribution is 2.44. The standard InChI is InChI=1S/C20H13F2NOS/c21-12-6-8-17-15(10-12)19(16-11-13(22)7-9-18(16)23-17)20(24)25-14-4-2-1-3-5-14/h1-11,19,23H. The van der Waals surface area contributed by atoms with Crippen molar-refractivity contribution in [1.29, 1.82) is 0 Å². The molecule has 4 rings (SSSR count). The third kappa shape index (κ3) is 3.03. The summed E-state index contributed by atoms with van der Waals surface area (Å²) < 4.78 is 27.6. The molecule has 1 N–H and O–H groups in total. The van der Waals surface area contributed by atoms with Crippen molar-refractivity contribution in [3.05, 3.63) is 89.5 Å². The first-order valence-electron chi connectivity index (χ1n) is 7.74. The average molecular weight is 353 g/mol. The summed E-state index contributed by atoms with van der Waals surface area (Å²) in [6.07, 6.45) is 0. The molecule has 0 unspecified atom stereocenters. The van der Waals surface area contributed by atoms with Gasteiger partial charge in [0.1, 0.15) is 11.6 Å². The van der Waals surface area contributed by atoms with E-state index in [0.717, 1.165) is 16.7 Å². The van der Waals surface area contributed by atoms with Crippen LogP contribution in [0.4, 0.5) is 20.2 Å². The Labute approximate surface area is 147 Å². The zero-order valence-corrected chi connectivity index (χ0v) is 13.8. The van der Waals surface area contributed by atoms with Gasteiger partial charge in [-0.1, -0.05) is 30.0 Å². The van der Waals surface area contributed by atoms with Crippen molar-refractivity contribution in [2.45, 2.75) is 10.8 Å². The molecule has 3 aromatic rings. The van der Waals surface area contributed by atoms with E-state index >= 15 is 0 Å². The number of benzene rings is 3. The fourth-order valence-corrected chi connectivity index (χ4v) is 3.90. The number of hydrogen-bond donors (Lipinski definition) is 1. The number of anilines is 2. The van der Waals surface area contributed by atoms with Crippen LogP contribution in [0.15, 0.2) is 71.6 Å². The number of nitrogens with one attached hydrogen (secondary N) is 1. The van der Waals surface area contributed by atoms with Gasteiger partial charge in [-0.3, -0.25) is 4.79 Å². The lowest BCUT2D eigenvalue weighted by molar-refractivity contribution is -0.111. The maximum atomic E-state index is 13.8. The van der Waals surface area contributed by atoms with Gasteiger partial charge in [-0.2, -0.15) is 0 Å². The van der Waals surface area contributed by atoms with Crippen LogP contribution in [-0.4, -0.2) is 5.12 Å². The number of carbonyl (C=O) groups excluding carboxylic acids is 1. The number of rotatable bonds is 2. The number of hydrogen-bond acceptors (Lipinski definition) is 3. The molecule has 124 valence electrons. The maximum absolute atomic E-state index is 13.8. The van der Waals surface area contributed by atoms with Crippen LogP contribution in [0.3, 0.4) is 0 Å². The van der Waals surface area contributed by atoms with Crippen LogP contribution in [0, 0.1) is 11.6 Å². The highest BCUT2D eigenvalue weighted by atomic mass is 32.2. The molecule has 0 saturated heterocycles. The Morgan fingerprint density at radius 2 is 1.40 bits per heavy atom. The number of fused-ring (bicyclic) bond motifs is 2. The fraction of sp³-hybridized carbons (Fsp3) is 0.0500. The summed E-state index contributed by atoms with van der Waals surface area (Å²) >= 11 is 1.08. The summed E-state index contributed by atoms with van der Waals surface area (Å²) in [7, 11) is 0. The summed E-state index contributed by atoms with van der Waals surface area (Å²) in [6.45, 7) is 0. The van der Waals surface area contributed by atoms with Crippen LogP contribution in [0.1, 0.15) is 17.0 Å². The number of carbonyl (C=O) groups is 1. The fourth-order valence-electron chi connectivity index (χ4n) is 3.00. The molecule has 0 spiro atoms. The first-order chi connectivity index (χ1) is 12.1. The largest absolute Gasteiger partial charge is 0.355 e. The maximum Gasteiger partial charge on any atom is 0.205 e. The third-order valence-corrected chi connectivity index (χ3v) is 5.06. The van der Waals surface area contributed by atoms with Crippen LogP contribution >= 0.6 is 11.8 Å². The van der Waals surface area contributed by atoms with Gasteiger partial charge in [0.25, 0.3) is 0 Å². The third-order valence-electron chi connectivity index (χ3n) is 4.12. The molecule has 1 aliphatic rings. The smallest absolute Gasteiger partial charge is 0.205 e. The minimum Gasteiger partial charge on any atom is -0.355 e. The van der Waals surface area contributed by atoms with Gasteiger partial charge in [0.15, 0.2) is 0 Å². The molecule has 1 heterocycles. The van der Waals surface area contributed by atoms with Crippen molar-refractivity contribution >= 4 is 28.3 Å². The normalized spacial score (nSPS) is 12.9. The lowest BCUT2D eigenvalue weighted by Gasteiger charge is -2.28. The predicted molar refractivity (Wildman–Crippen MR) is 95.2 cm³/mol. The topological polar surface area (TPSA) is 29.1 Å². The number of halogens is 2. The molecule has 0 amide bonds. The summed E-state index contributed by atoms with van der Waals surface area (Å²) in [5, 5.41) is 2.97. The second kappa shape index (κ2) is 6.33. The number of thioether (sulfide) groups is 1. The van der Waals surface area contributed by atoms with Crippen molar-refractivity contribution in [3.63, 3.8) is 0 Å². The molecule has 0 aliphatic carbocycles. The zero-order valence-electron chi connectivity index (χ0n) is 13.0. The van der Waals surface area contributed by atoms with E-state index < -0.39 is 17.6 Å². The first-order valence-corrected chi connectivity index (χ1v) is 8.56. The van der Waals surface area contributed by atoms with Crippen molar-refractivity contribution in [1.82, 2.24) is 0 Å². The van der Waals surface area contributed by atoms with Crippen molar-refractivity contribution in [3.8, 4) is 0 Å². The lowest BCUT2D eigenvalue weighted by atomic mass is 9.86. The van der Waals surface area contributed by atoms with Crippen molar-refractivity contribution < 1.29 is 13.6 Å². The molecule has 25 heavy (non-hydrogen) atoms. The van der Waals surface area contributed by atoms with Crippen LogP contribution in [0.2, 0.25) is 0 Å². The van der Waals surface area contributed by atoms with E-state index in [0.29, 0.717) is 22.5 Å². The minimum atomic E-state index is -0.733. The Kier molecular flexibility index (Phi) is 4.01. The zero-order chi connectivity index (χ0) is 17.4. The van der Waals surface area contributed by atoms with E-state index in [1.807, 2.05) is 30.3 Å². The van der Waals surface area contributed by atoms with Gasteiger partial charge in [0.05, 0.1) is 5.92 Å². The lowest BCUT2D eigenvalue weighted by Crippen LogP contribution is -2.19. The monoisotopic (exact) mass is 353 g/mol. The Hall–Kier alpha value is -2.66. The highest BCUT2D eigenvalue weighted by Gasteiger charge is 2.32. The highest BCUT2D eigenvalue weighted by molar-refractivity contribution is 8.13. The Bertz CT molecular complexity index is 908. The van der Waals surface area contributed by atoms with Crippen molar-refractivity contribution in [2.24, 2.45) is 0 Å². The molecule has 0 bridgehead atoms. The van der Waals surface area contributed by atoms with Gasteiger partial charge < -0.3 is 5.32 Å². The van der Waals surface area contributed by atoms with E-state index in [1.54, 1.807) is 12.1 Å². The van der Waals surface area contributed by atoms with Crippen molar-refractivity contribution in [2.75, 3.05) is 5.32 Å². The molecule has 0 atom stereocenters. The van der Waals surface area contributed by atoms with E-state index in [2.05, 4.69) is 5.32 Å². The Morgan fingerprint density at radius 1 is 0.840 bits per heavy atom. The van der Waals surface area contributed by atoms with E-state index in [1.165, 1.54) is 24.3 Å². The molecule has 1 aliphatic heterocycles. The average Bonchev–Trinajstić information content (AvgIpc) is 2.60. The Morgan fingerprint density at radius 3 is 1.96 bits per heavy atom. The molecule has 0 saturated carbocycles. The molecule has 5 heteroatoms. The van der Waals surface area contributed by atoms with Gasteiger partial charge in [-0.25, -0.2) is 8.78 Å². The van der Waals surface area contributed by atoms with E-state index in [4.69, 9.17) is 0 Å². The summed E-state index contributed by atoms with van der Waals surface area (Å²) in [5.41, 5.74) is 2.36. The summed E-state index contributed by atoms with van der Waals surface area (Å²) in [6, 6.07) is 17.8. The second-order valence-electron chi connectivity index (χ2n) is 5.76. The summed E-state index contributed by atoms with van der Waals surface area (Å²) in [4.78, 5) is 13.8. The second-order valence-corrected chi connectivity index (χ2v) is 6.83. The minimum absolute atomic E-state index is 0.175. The van der Waals surface area contributed by atoms with Gasteiger partial charge in [-0.05, 0) is 59.7 Å². The first kappa shape index (κ1) is 15.8.